The van der Waals surface area contributed by atoms with Gasteiger partial charge in [-0.15, -0.1) is 0 Å². The zero-order valence-corrected chi connectivity index (χ0v) is 9.32. The smallest absolute Gasteiger partial charge is 0.139 e. The van der Waals surface area contributed by atoms with E-state index in [-0.39, 0.29) is 0 Å². The van der Waals surface area contributed by atoms with Crippen molar-refractivity contribution in [3.63, 3.8) is 0 Å². The lowest BCUT2D eigenvalue weighted by Crippen LogP contribution is -2.23. The van der Waals surface area contributed by atoms with Crippen molar-refractivity contribution in [2.45, 2.75) is 32.5 Å². The van der Waals surface area contributed by atoms with Gasteiger partial charge in [0.25, 0.3) is 0 Å². The molecule has 0 radical (unpaired) electrons. The SMILES string of the molecule is CNCCC(O)C(O)c1c(C)noc1C. The summed E-state index contributed by atoms with van der Waals surface area (Å²) in [6, 6.07) is 0. The molecule has 15 heavy (non-hydrogen) atoms. The molecule has 1 aromatic heterocycles. The first-order chi connectivity index (χ1) is 7.07. The molecule has 2 atom stereocenters. The van der Waals surface area contributed by atoms with Crippen molar-refractivity contribution >= 4 is 0 Å². The Kier molecular flexibility index (Phi) is 4.26. The molecule has 0 spiro atoms. The molecule has 0 aromatic carbocycles. The predicted octanol–water partition coefficient (Wildman–Crippen LogP) is 0.295. The normalized spacial score (nSPS) is 15.3. The third-order valence-corrected chi connectivity index (χ3v) is 2.44. The van der Waals surface area contributed by atoms with Crippen LogP contribution in [0.4, 0.5) is 0 Å². The van der Waals surface area contributed by atoms with E-state index < -0.39 is 12.2 Å². The lowest BCUT2D eigenvalue weighted by atomic mass is 10.0. The van der Waals surface area contributed by atoms with Gasteiger partial charge in [0.15, 0.2) is 0 Å². The van der Waals surface area contributed by atoms with Gasteiger partial charge in [-0.1, -0.05) is 5.16 Å². The summed E-state index contributed by atoms with van der Waals surface area (Å²) in [6.07, 6.45) is -1.24. The van der Waals surface area contributed by atoms with Crippen LogP contribution in [-0.2, 0) is 0 Å². The Morgan fingerprint density at radius 1 is 1.40 bits per heavy atom. The van der Waals surface area contributed by atoms with E-state index in [4.69, 9.17) is 4.52 Å². The van der Waals surface area contributed by atoms with Gasteiger partial charge in [0, 0.05) is 5.56 Å². The fraction of sp³-hybridized carbons (Fsp3) is 0.700. The number of hydrogen-bond acceptors (Lipinski definition) is 5. The summed E-state index contributed by atoms with van der Waals surface area (Å²) in [4.78, 5) is 0. The summed E-state index contributed by atoms with van der Waals surface area (Å²) >= 11 is 0. The van der Waals surface area contributed by atoms with Crippen LogP contribution in [-0.4, -0.2) is 35.1 Å². The number of aryl methyl sites for hydroxylation is 2. The minimum atomic E-state index is -0.926. The van der Waals surface area contributed by atoms with Gasteiger partial charge in [-0.3, -0.25) is 0 Å². The van der Waals surface area contributed by atoms with Crippen LogP contribution in [0.25, 0.3) is 0 Å². The van der Waals surface area contributed by atoms with E-state index in [1.807, 2.05) is 0 Å². The van der Waals surface area contributed by atoms with Gasteiger partial charge < -0.3 is 20.1 Å². The van der Waals surface area contributed by atoms with Crippen molar-refractivity contribution in [3.8, 4) is 0 Å². The standard InChI is InChI=1S/C10H18N2O3/c1-6-9(7(2)15-12-6)10(14)8(13)4-5-11-3/h8,10-11,13-14H,4-5H2,1-3H3. The summed E-state index contributed by atoms with van der Waals surface area (Å²) in [6.45, 7) is 4.13. The molecule has 3 N–H and O–H groups in total. The zero-order valence-electron chi connectivity index (χ0n) is 9.32. The van der Waals surface area contributed by atoms with Gasteiger partial charge in [0.2, 0.25) is 0 Å². The monoisotopic (exact) mass is 214 g/mol. The summed E-state index contributed by atoms with van der Waals surface area (Å²) in [5, 5.41) is 26.3. The van der Waals surface area contributed by atoms with E-state index in [1.165, 1.54) is 0 Å². The van der Waals surface area contributed by atoms with Crippen molar-refractivity contribution in [1.29, 1.82) is 0 Å². The molecule has 0 aliphatic carbocycles. The van der Waals surface area contributed by atoms with Gasteiger partial charge in [0.05, 0.1) is 11.8 Å². The van der Waals surface area contributed by atoms with Gasteiger partial charge in [0.1, 0.15) is 11.9 Å². The van der Waals surface area contributed by atoms with Crippen molar-refractivity contribution in [3.05, 3.63) is 17.0 Å². The summed E-state index contributed by atoms with van der Waals surface area (Å²) in [7, 11) is 1.80. The summed E-state index contributed by atoms with van der Waals surface area (Å²) < 4.78 is 4.93. The highest BCUT2D eigenvalue weighted by Gasteiger charge is 2.24. The maximum Gasteiger partial charge on any atom is 0.139 e. The van der Waals surface area contributed by atoms with Gasteiger partial charge in [-0.2, -0.15) is 0 Å². The number of nitrogens with one attached hydrogen (secondary N) is 1. The molecule has 0 bridgehead atoms. The van der Waals surface area contributed by atoms with Crippen molar-refractivity contribution < 1.29 is 14.7 Å². The van der Waals surface area contributed by atoms with E-state index in [0.717, 1.165) is 0 Å². The van der Waals surface area contributed by atoms with E-state index in [0.29, 0.717) is 30.0 Å². The molecule has 0 amide bonds. The summed E-state index contributed by atoms with van der Waals surface area (Å²) in [5.41, 5.74) is 1.22. The second-order valence-corrected chi connectivity index (χ2v) is 3.64. The maximum atomic E-state index is 9.89. The minimum Gasteiger partial charge on any atom is -0.390 e. The molecule has 1 aromatic rings. The van der Waals surface area contributed by atoms with Crippen molar-refractivity contribution in [2.24, 2.45) is 0 Å². The molecule has 1 heterocycles. The van der Waals surface area contributed by atoms with Gasteiger partial charge in [-0.25, -0.2) is 0 Å². The third kappa shape index (κ3) is 2.77. The minimum absolute atomic E-state index is 0.488. The summed E-state index contributed by atoms with van der Waals surface area (Å²) in [5.74, 6) is 0.559. The Hall–Kier alpha value is -0.910. The van der Waals surface area contributed by atoms with E-state index in [2.05, 4.69) is 10.5 Å². The highest BCUT2D eigenvalue weighted by molar-refractivity contribution is 5.24. The van der Waals surface area contributed by atoms with Crippen LogP contribution in [0.3, 0.4) is 0 Å². The van der Waals surface area contributed by atoms with E-state index >= 15 is 0 Å². The Bertz CT molecular complexity index is 292. The Balaban J connectivity index is 2.71. The fourth-order valence-electron chi connectivity index (χ4n) is 1.55. The molecule has 0 aliphatic rings. The molecule has 5 nitrogen and oxygen atoms in total. The number of rotatable bonds is 5. The molecular formula is C10H18N2O3. The highest BCUT2D eigenvalue weighted by Crippen LogP contribution is 2.25. The van der Waals surface area contributed by atoms with Crippen LogP contribution in [0.15, 0.2) is 4.52 Å². The quantitative estimate of drug-likeness (QED) is 0.657. The largest absolute Gasteiger partial charge is 0.390 e. The van der Waals surface area contributed by atoms with Crippen molar-refractivity contribution in [2.75, 3.05) is 13.6 Å². The Morgan fingerprint density at radius 3 is 2.53 bits per heavy atom. The molecule has 86 valence electrons. The number of hydrogen-bond donors (Lipinski definition) is 3. The molecule has 1 rings (SSSR count). The first kappa shape index (κ1) is 12.2. The lowest BCUT2D eigenvalue weighted by molar-refractivity contribution is 0.0129. The number of aliphatic hydroxyl groups is 2. The first-order valence-corrected chi connectivity index (χ1v) is 5.01. The second kappa shape index (κ2) is 5.25. The van der Waals surface area contributed by atoms with Gasteiger partial charge in [-0.05, 0) is 33.9 Å². The number of aromatic nitrogens is 1. The average Bonchev–Trinajstić information content (AvgIpc) is 2.54. The topological polar surface area (TPSA) is 78.5 Å². The first-order valence-electron chi connectivity index (χ1n) is 5.01. The van der Waals surface area contributed by atoms with Crippen LogP contribution < -0.4 is 5.32 Å². The average molecular weight is 214 g/mol. The second-order valence-electron chi connectivity index (χ2n) is 3.64. The third-order valence-electron chi connectivity index (χ3n) is 2.44. The molecule has 0 saturated carbocycles. The molecule has 0 fully saturated rings. The molecular weight excluding hydrogens is 196 g/mol. The van der Waals surface area contributed by atoms with Crippen LogP contribution in [0, 0.1) is 13.8 Å². The van der Waals surface area contributed by atoms with E-state index in [9.17, 15) is 10.2 Å². The van der Waals surface area contributed by atoms with Crippen LogP contribution >= 0.6 is 0 Å². The molecule has 5 heteroatoms. The molecule has 0 saturated heterocycles. The van der Waals surface area contributed by atoms with Crippen molar-refractivity contribution in [1.82, 2.24) is 10.5 Å². The highest BCUT2D eigenvalue weighted by atomic mass is 16.5. The van der Waals surface area contributed by atoms with E-state index in [1.54, 1.807) is 20.9 Å². The Labute approximate surface area is 89.1 Å². The fourth-order valence-corrected chi connectivity index (χ4v) is 1.55. The van der Waals surface area contributed by atoms with Crippen LogP contribution in [0.2, 0.25) is 0 Å². The Morgan fingerprint density at radius 2 is 2.07 bits per heavy atom. The zero-order chi connectivity index (χ0) is 11.4. The molecule has 2 unspecified atom stereocenters. The maximum absolute atomic E-state index is 9.89. The van der Waals surface area contributed by atoms with Crippen LogP contribution in [0.5, 0.6) is 0 Å². The predicted molar refractivity (Wildman–Crippen MR) is 55.5 cm³/mol. The lowest BCUT2D eigenvalue weighted by Gasteiger charge is -2.17. The number of aliphatic hydroxyl groups excluding tert-OH is 2. The van der Waals surface area contributed by atoms with Crippen LogP contribution in [0.1, 0.15) is 29.5 Å². The molecule has 0 aliphatic heterocycles. The number of nitrogens with zero attached hydrogens (tertiary/aromatic N) is 1. The van der Waals surface area contributed by atoms with Gasteiger partial charge >= 0.3 is 0 Å².